The Morgan fingerprint density at radius 1 is 0.962 bits per heavy atom. The van der Waals surface area contributed by atoms with Crippen LogP contribution in [0.2, 0.25) is 0 Å². The van der Waals surface area contributed by atoms with Gasteiger partial charge in [-0.25, -0.2) is 0 Å². The summed E-state index contributed by atoms with van der Waals surface area (Å²) in [6.07, 6.45) is 0. The zero-order valence-electron chi connectivity index (χ0n) is 16.9. The Morgan fingerprint density at radius 2 is 1.50 bits per heavy atom. The fourth-order valence-corrected chi connectivity index (χ4v) is 2.28. The van der Waals surface area contributed by atoms with Crippen molar-refractivity contribution in [1.29, 1.82) is 0 Å². The van der Waals surface area contributed by atoms with E-state index in [1.807, 2.05) is 32.9 Å². The molecule has 0 unspecified atom stereocenters. The lowest BCUT2D eigenvalue weighted by Crippen LogP contribution is -2.47. The van der Waals surface area contributed by atoms with Crippen molar-refractivity contribution >= 4 is 17.7 Å². The van der Waals surface area contributed by atoms with Gasteiger partial charge in [0.25, 0.3) is 5.91 Å². The molecule has 0 aliphatic carbocycles. The summed E-state index contributed by atoms with van der Waals surface area (Å²) in [5, 5.41) is 5.39. The van der Waals surface area contributed by atoms with Gasteiger partial charge >= 0.3 is 0 Å². The van der Waals surface area contributed by atoms with Crippen molar-refractivity contribution < 1.29 is 14.4 Å². The molecular formula is C20H31N3O3. The largest absolute Gasteiger partial charge is 0.350 e. The number of carbonyl (C=O) groups is 3. The maximum absolute atomic E-state index is 12.2. The fraction of sp³-hybridized carbons (Fsp3) is 0.550. The van der Waals surface area contributed by atoms with E-state index in [1.165, 1.54) is 11.9 Å². The van der Waals surface area contributed by atoms with Gasteiger partial charge in [-0.2, -0.15) is 0 Å². The fourth-order valence-electron chi connectivity index (χ4n) is 2.28. The molecule has 26 heavy (non-hydrogen) atoms. The van der Waals surface area contributed by atoms with Crippen LogP contribution in [0.25, 0.3) is 0 Å². The summed E-state index contributed by atoms with van der Waals surface area (Å²) in [7, 11) is 1.54. The van der Waals surface area contributed by atoms with Crippen LogP contribution < -0.4 is 10.6 Å². The average Bonchev–Trinajstić information content (AvgIpc) is 2.49. The number of nitrogens with one attached hydrogen (secondary N) is 2. The highest BCUT2D eigenvalue weighted by molar-refractivity contribution is 5.96. The number of rotatable bonds is 5. The Balaban J connectivity index is 2.53. The molecule has 0 radical (unpaired) electrons. The third-order valence-corrected chi connectivity index (χ3v) is 3.73. The number of carbonyl (C=O) groups excluding carboxylic acids is 3. The van der Waals surface area contributed by atoms with Crippen LogP contribution >= 0.6 is 0 Å². The quantitative estimate of drug-likeness (QED) is 0.843. The van der Waals surface area contributed by atoms with Gasteiger partial charge in [0.1, 0.15) is 0 Å². The molecule has 1 aromatic carbocycles. The van der Waals surface area contributed by atoms with Crippen molar-refractivity contribution in [2.45, 2.75) is 52.5 Å². The van der Waals surface area contributed by atoms with Crippen molar-refractivity contribution in [2.24, 2.45) is 0 Å². The van der Waals surface area contributed by atoms with Gasteiger partial charge in [-0.05, 0) is 43.9 Å². The van der Waals surface area contributed by atoms with Gasteiger partial charge in [0, 0.05) is 18.2 Å². The molecule has 0 saturated carbocycles. The minimum Gasteiger partial charge on any atom is -0.350 e. The van der Waals surface area contributed by atoms with E-state index in [0.29, 0.717) is 5.56 Å². The Hall–Kier alpha value is -2.37. The molecule has 144 valence electrons. The normalized spacial score (nSPS) is 11.7. The smallest absolute Gasteiger partial charge is 0.251 e. The molecule has 0 atom stereocenters. The van der Waals surface area contributed by atoms with Crippen LogP contribution in [0.3, 0.4) is 0 Å². The van der Waals surface area contributed by atoms with E-state index in [0.717, 1.165) is 5.56 Å². The van der Waals surface area contributed by atoms with Crippen LogP contribution in [0.5, 0.6) is 0 Å². The summed E-state index contributed by atoms with van der Waals surface area (Å²) in [6.45, 7) is 11.7. The summed E-state index contributed by atoms with van der Waals surface area (Å²) in [5.74, 6) is -0.877. The summed E-state index contributed by atoms with van der Waals surface area (Å²) in [5.41, 5.74) is 1.30. The summed E-state index contributed by atoms with van der Waals surface area (Å²) >= 11 is 0. The van der Waals surface area contributed by atoms with Crippen molar-refractivity contribution in [1.82, 2.24) is 15.5 Å². The zero-order chi connectivity index (χ0) is 20.1. The maximum atomic E-state index is 12.2. The maximum Gasteiger partial charge on any atom is 0.251 e. The van der Waals surface area contributed by atoms with Gasteiger partial charge in [0.05, 0.1) is 13.1 Å². The molecule has 0 saturated heterocycles. The molecule has 3 amide bonds. The van der Waals surface area contributed by atoms with Crippen molar-refractivity contribution in [2.75, 3.05) is 20.1 Å². The topological polar surface area (TPSA) is 78.5 Å². The van der Waals surface area contributed by atoms with Gasteiger partial charge in [0.2, 0.25) is 11.8 Å². The molecule has 0 aromatic heterocycles. The molecule has 2 N–H and O–H groups in total. The number of hydrogen-bond acceptors (Lipinski definition) is 3. The van der Waals surface area contributed by atoms with Gasteiger partial charge < -0.3 is 15.5 Å². The number of hydrogen-bond donors (Lipinski definition) is 2. The standard InChI is InChI=1S/C20H31N3O3/c1-19(2,3)15-10-8-14(9-11-15)18(26)21-12-17(25)23(7)13-16(24)22-20(4,5)6/h8-11H,12-13H2,1-7H3,(H,21,26)(H,22,24). The molecule has 0 aliphatic rings. The first-order valence-electron chi connectivity index (χ1n) is 8.73. The molecule has 0 heterocycles. The Bertz CT molecular complexity index is 652. The van der Waals surface area contributed by atoms with Crippen LogP contribution in [-0.4, -0.2) is 48.3 Å². The first-order valence-corrected chi connectivity index (χ1v) is 8.73. The van der Waals surface area contributed by atoms with E-state index in [2.05, 4.69) is 31.4 Å². The first kappa shape index (κ1) is 21.7. The third kappa shape index (κ3) is 7.25. The van der Waals surface area contributed by atoms with E-state index in [4.69, 9.17) is 0 Å². The number of nitrogens with zero attached hydrogens (tertiary/aromatic N) is 1. The van der Waals surface area contributed by atoms with Crippen LogP contribution in [0.15, 0.2) is 24.3 Å². The molecule has 0 fully saturated rings. The lowest BCUT2D eigenvalue weighted by atomic mass is 9.87. The molecule has 0 bridgehead atoms. The molecule has 1 rings (SSSR count). The van der Waals surface area contributed by atoms with Crippen LogP contribution in [0.1, 0.15) is 57.5 Å². The molecule has 1 aromatic rings. The van der Waals surface area contributed by atoms with Crippen molar-refractivity contribution in [3.05, 3.63) is 35.4 Å². The van der Waals surface area contributed by atoms with E-state index >= 15 is 0 Å². The van der Waals surface area contributed by atoms with Crippen molar-refractivity contribution in [3.8, 4) is 0 Å². The second-order valence-electron chi connectivity index (χ2n) is 8.56. The zero-order valence-corrected chi connectivity index (χ0v) is 16.9. The van der Waals surface area contributed by atoms with Crippen molar-refractivity contribution in [3.63, 3.8) is 0 Å². The third-order valence-electron chi connectivity index (χ3n) is 3.73. The molecule has 0 spiro atoms. The second-order valence-corrected chi connectivity index (χ2v) is 8.56. The van der Waals surface area contributed by atoms with Crippen LogP contribution in [-0.2, 0) is 15.0 Å². The predicted molar refractivity (Wildman–Crippen MR) is 103 cm³/mol. The second kappa shape index (κ2) is 8.34. The summed E-state index contributed by atoms with van der Waals surface area (Å²) in [4.78, 5) is 37.4. The van der Waals surface area contributed by atoms with E-state index in [-0.39, 0.29) is 41.8 Å². The predicted octanol–water partition coefficient (Wildman–Crippen LogP) is 2.09. The highest BCUT2D eigenvalue weighted by Crippen LogP contribution is 2.22. The summed E-state index contributed by atoms with van der Waals surface area (Å²) < 4.78 is 0. The number of benzene rings is 1. The number of amides is 3. The first-order chi connectivity index (χ1) is 11.8. The molecule has 6 heteroatoms. The number of likely N-dealkylation sites (N-methyl/N-ethyl adjacent to an activating group) is 1. The summed E-state index contributed by atoms with van der Waals surface area (Å²) in [6, 6.07) is 7.33. The van der Waals surface area contributed by atoms with E-state index in [1.54, 1.807) is 12.1 Å². The van der Waals surface area contributed by atoms with Gasteiger partial charge in [-0.1, -0.05) is 32.9 Å². The monoisotopic (exact) mass is 361 g/mol. The Kier molecular flexibility index (Phi) is 6.95. The highest BCUT2D eigenvalue weighted by Gasteiger charge is 2.19. The lowest BCUT2D eigenvalue weighted by Gasteiger charge is -2.23. The Labute approximate surface area is 156 Å². The van der Waals surface area contributed by atoms with Gasteiger partial charge in [0.15, 0.2) is 0 Å². The van der Waals surface area contributed by atoms with Gasteiger partial charge in [-0.15, -0.1) is 0 Å². The average molecular weight is 361 g/mol. The SMILES string of the molecule is CN(CC(=O)NC(C)(C)C)C(=O)CNC(=O)c1ccc(C(C)(C)C)cc1. The van der Waals surface area contributed by atoms with Gasteiger partial charge in [-0.3, -0.25) is 14.4 Å². The highest BCUT2D eigenvalue weighted by atomic mass is 16.2. The van der Waals surface area contributed by atoms with E-state index < -0.39 is 0 Å². The molecule has 0 aliphatic heterocycles. The van der Waals surface area contributed by atoms with E-state index in [9.17, 15) is 14.4 Å². The molecular weight excluding hydrogens is 330 g/mol. The van der Waals surface area contributed by atoms with Crippen LogP contribution in [0, 0.1) is 0 Å². The Morgan fingerprint density at radius 3 is 1.96 bits per heavy atom. The lowest BCUT2D eigenvalue weighted by molar-refractivity contribution is -0.134. The van der Waals surface area contributed by atoms with Crippen LogP contribution in [0.4, 0.5) is 0 Å². The molecule has 6 nitrogen and oxygen atoms in total. The minimum atomic E-state index is -0.353. The minimum absolute atomic E-state index is 0.0152.